The molecule has 1 aromatic carbocycles. The Bertz CT molecular complexity index is 428. The molecule has 18 heavy (non-hydrogen) atoms. The molecule has 0 fully saturated rings. The highest BCUT2D eigenvalue weighted by atomic mass is 16.4. The lowest BCUT2D eigenvalue weighted by molar-refractivity contribution is -0.142. The van der Waals surface area contributed by atoms with E-state index in [2.05, 4.69) is 5.32 Å². The number of hydrogen-bond donors (Lipinski definition) is 3. The Morgan fingerprint density at radius 3 is 2.33 bits per heavy atom. The van der Waals surface area contributed by atoms with E-state index in [4.69, 9.17) is 10.8 Å². The van der Waals surface area contributed by atoms with E-state index in [-0.39, 0.29) is 0 Å². The van der Waals surface area contributed by atoms with Gasteiger partial charge in [0.05, 0.1) is 0 Å². The number of aliphatic carboxylic acids is 1. The summed E-state index contributed by atoms with van der Waals surface area (Å²) >= 11 is 0. The second-order valence-electron chi connectivity index (χ2n) is 4.20. The molecule has 98 valence electrons. The summed E-state index contributed by atoms with van der Waals surface area (Å²) in [4.78, 5) is 22.6. The highest BCUT2D eigenvalue weighted by molar-refractivity contribution is 5.87. The first-order chi connectivity index (χ1) is 8.45. The predicted octanol–water partition coefficient (Wildman–Crippen LogP) is 0.974. The lowest BCUT2D eigenvalue weighted by atomic mass is 10.0. The SMILES string of the molecule is CC[C@H](NC(=O)C(N)c1ccc(C)cc1)C(=O)O. The molecule has 0 aromatic heterocycles. The first-order valence-corrected chi connectivity index (χ1v) is 5.81. The zero-order chi connectivity index (χ0) is 13.7. The summed E-state index contributed by atoms with van der Waals surface area (Å²) in [5, 5.41) is 11.3. The Morgan fingerprint density at radius 1 is 1.33 bits per heavy atom. The number of nitrogens with one attached hydrogen (secondary N) is 1. The van der Waals surface area contributed by atoms with Crippen LogP contribution in [0.5, 0.6) is 0 Å². The lowest BCUT2D eigenvalue weighted by Crippen LogP contribution is -2.44. The number of hydrogen-bond acceptors (Lipinski definition) is 3. The van der Waals surface area contributed by atoms with Crippen molar-refractivity contribution < 1.29 is 14.7 Å². The molecular formula is C13H18N2O3. The van der Waals surface area contributed by atoms with Crippen molar-refractivity contribution in [2.24, 2.45) is 5.73 Å². The van der Waals surface area contributed by atoms with E-state index in [1.54, 1.807) is 19.1 Å². The molecule has 0 radical (unpaired) electrons. The third kappa shape index (κ3) is 3.56. The molecule has 5 nitrogen and oxygen atoms in total. The molecule has 0 aliphatic rings. The molecule has 0 aliphatic heterocycles. The van der Waals surface area contributed by atoms with Crippen LogP contribution >= 0.6 is 0 Å². The van der Waals surface area contributed by atoms with Gasteiger partial charge in [-0.05, 0) is 18.9 Å². The molecular weight excluding hydrogens is 232 g/mol. The first-order valence-electron chi connectivity index (χ1n) is 5.81. The van der Waals surface area contributed by atoms with Gasteiger partial charge in [-0.3, -0.25) is 4.79 Å². The Labute approximate surface area is 106 Å². The van der Waals surface area contributed by atoms with E-state index in [1.807, 2.05) is 19.1 Å². The molecule has 0 saturated carbocycles. The van der Waals surface area contributed by atoms with Crippen LogP contribution in [0.1, 0.15) is 30.5 Å². The molecule has 5 heteroatoms. The number of carboxylic acids is 1. The highest BCUT2D eigenvalue weighted by Gasteiger charge is 2.22. The monoisotopic (exact) mass is 250 g/mol. The van der Waals surface area contributed by atoms with E-state index in [1.165, 1.54) is 0 Å². The van der Waals surface area contributed by atoms with Crippen LogP contribution in [-0.4, -0.2) is 23.0 Å². The second-order valence-corrected chi connectivity index (χ2v) is 4.20. The van der Waals surface area contributed by atoms with Crippen molar-refractivity contribution in [3.05, 3.63) is 35.4 Å². The van der Waals surface area contributed by atoms with Crippen molar-refractivity contribution in [3.8, 4) is 0 Å². The maximum atomic E-state index is 11.8. The van der Waals surface area contributed by atoms with Crippen LogP contribution in [0.15, 0.2) is 24.3 Å². The fraction of sp³-hybridized carbons (Fsp3) is 0.385. The van der Waals surface area contributed by atoms with Gasteiger partial charge in [0.1, 0.15) is 12.1 Å². The summed E-state index contributed by atoms with van der Waals surface area (Å²) in [5.74, 6) is -1.53. The Balaban J connectivity index is 2.72. The van der Waals surface area contributed by atoms with E-state index in [0.29, 0.717) is 12.0 Å². The van der Waals surface area contributed by atoms with E-state index >= 15 is 0 Å². The average molecular weight is 250 g/mol. The zero-order valence-corrected chi connectivity index (χ0v) is 10.5. The molecule has 0 aliphatic carbocycles. The summed E-state index contributed by atoms with van der Waals surface area (Å²) in [6, 6.07) is 5.50. The fourth-order valence-electron chi connectivity index (χ4n) is 1.53. The molecule has 1 amide bonds. The van der Waals surface area contributed by atoms with Gasteiger partial charge in [0, 0.05) is 0 Å². The van der Waals surface area contributed by atoms with Gasteiger partial charge in [0.15, 0.2) is 0 Å². The van der Waals surface area contributed by atoms with E-state index in [0.717, 1.165) is 5.56 Å². The molecule has 0 spiro atoms. The topological polar surface area (TPSA) is 92.4 Å². The van der Waals surface area contributed by atoms with Crippen LogP contribution in [0.2, 0.25) is 0 Å². The number of benzene rings is 1. The van der Waals surface area contributed by atoms with Crippen molar-refractivity contribution in [2.45, 2.75) is 32.4 Å². The van der Waals surface area contributed by atoms with Crippen LogP contribution in [0.4, 0.5) is 0 Å². The van der Waals surface area contributed by atoms with Crippen LogP contribution in [0, 0.1) is 6.92 Å². The van der Waals surface area contributed by atoms with Gasteiger partial charge in [-0.2, -0.15) is 0 Å². The smallest absolute Gasteiger partial charge is 0.326 e. The van der Waals surface area contributed by atoms with Gasteiger partial charge in [-0.25, -0.2) is 4.79 Å². The molecule has 0 heterocycles. The van der Waals surface area contributed by atoms with Gasteiger partial charge in [-0.15, -0.1) is 0 Å². The van der Waals surface area contributed by atoms with Gasteiger partial charge < -0.3 is 16.2 Å². The summed E-state index contributed by atoms with van der Waals surface area (Å²) < 4.78 is 0. The third-order valence-electron chi connectivity index (χ3n) is 2.74. The predicted molar refractivity (Wildman–Crippen MR) is 68.0 cm³/mol. The van der Waals surface area contributed by atoms with Crippen LogP contribution in [0.25, 0.3) is 0 Å². The maximum absolute atomic E-state index is 11.8. The molecule has 1 aromatic rings. The van der Waals surface area contributed by atoms with Crippen molar-refractivity contribution in [2.75, 3.05) is 0 Å². The fourth-order valence-corrected chi connectivity index (χ4v) is 1.53. The minimum absolute atomic E-state index is 0.321. The van der Waals surface area contributed by atoms with Gasteiger partial charge >= 0.3 is 5.97 Å². The van der Waals surface area contributed by atoms with Crippen LogP contribution in [0.3, 0.4) is 0 Å². The summed E-state index contributed by atoms with van der Waals surface area (Å²) in [7, 11) is 0. The Kier molecular flexibility index (Phi) is 4.85. The third-order valence-corrected chi connectivity index (χ3v) is 2.74. The summed E-state index contributed by atoms with van der Waals surface area (Å²) in [5.41, 5.74) is 7.52. The lowest BCUT2D eigenvalue weighted by Gasteiger charge is -2.16. The van der Waals surface area contributed by atoms with Crippen molar-refractivity contribution in [3.63, 3.8) is 0 Å². The zero-order valence-electron chi connectivity index (χ0n) is 10.5. The second kappa shape index (κ2) is 6.16. The van der Waals surface area contributed by atoms with Crippen molar-refractivity contribution >= 4 is 11.9 Å². The largest absolute Gasteiger partial charge is 0.480 e. The number of carboxylic acid groups (broad SMARTS) is 1. The Morgan fingerprint density at radius 2 is 1.89 bits per heavy atom. The quantitative estimate of drug-likeness (QED) is 0.726. The molecule has 0 bridgehead atoms. The van der Waals surface area contributed by atoms with Crippen molar-refractivity contribution in [1.82, 2.24) is 5.32 Å². The number of nitrogens with two attached hydrogens (primary N) is 1. The molecule has 4 N–H and O–H groups in total. The number of amides is 1. The standard InChI is InChI=1S/C13H18N2O3/c1-3-10(13(17)18)15-12(16)11(14)9-6-4-8(2)5-7-9/h4-7,10-11H,3,14H2,1-2H3,(H,15,16)(H,17,18)/t10-,11?/m0/s1. The van der Waals surface area contributed by atoms with Crippen LogP contribution < -0.4 is 11.1 Å². The van der Waals surface area contributed by atoms with Gasteiger partial charge in [0.2, 0.25) is 5.91 Å². The van der Waals surface area contributed by atoms with E-state index < -0.39 is 24.0 Å². The molecule has 1 rings (SSSR count). The van der Waals surface area contributed by atoms with Crippen LogP contribution in [-0.2, 0) is 9.59 Å². The summed E-state index contributed by atoms with van der Waals surface area (Å²) in [6.45, 7) is 3.63. The van der Waals surface area contributed by atoms with Gasteiger partial charge in [0.25, 0.3) is 0 Å². The number of aryl methyl sites for hydroxylation is 1. The normalized spacial score (nSPS) is 13.7. The minimum atomic E-state index is -1.05. The first kappa shape index (κ1) is 14.2. The highest BCUT2D eigenvalue weighted by Crippen LogP contribution is 2.12. The Hall–Kier alpha value is -1.88. The van der Waals surface area contributed by atoms with E-state index in [9.17, 15) is 9.59 Å². The molecule has 2 atom stereocenters. The van der Waals surface area contributed by atoms with Crippen molar-refractivity contribution in [1.29, 1.82) is 0 Å². The average Bonchev–Trinajstić information content (AvgIpc) is 2.35. The number of carbonyl (C=O) groups excluding carboxylic acids is 1. The number of carbonyl (C=O) groups is 2. The summed E-state index contributed by atoms with van der Waals surface area (Å²) in [6.07, 6.45) is 0.321. The maximum Gasteiger partial charge on any atom is 0.326 e. The minimum Gasteiger partial charge on any atom is -0.480 e. The molecule has 0 saturated heterocycles. The molecule has 1 unspecified atom stereocenters. The number of rotatable bonds is 5. The van der Waals surface area contributed by atoms with Gasteiger partial charge in [-0.1, -0.05) is 36.8 Å².